The van der Waals surface area contributed by atoms with Crippen molar-refractivity contribution in [2.24, 2.45) is 5.92 Å². The highest BCUT2D eigenvalue weighted by Crippen LogP contribution is 2.39. The molecule has 0 atom stereocenters. The number of allylic oxidation sites excluding steroid dienone is 1. The molecule has 0 unspecified atom stereocenters. The minimum absolute atomic E-state index is 0.927. The predicted molar refractivity (Wildman–Crippen MR) is 45.2 cm³/mol. The van der Waals surface area contributed by atoms with Gasteiger partial charge >= 0.3 is 0 Å². The van der Waals surface area contributed by atoms with E-state index < -0.39 is 8.07 Å². The molecule has 0 saturated heterocycles. The third-order valence-electron chi connectivity index (χ3n) is 2.03. The zero-order chi connectivity index (χ0) is 7.07. The Morgan fingerprint density at radius 3 is 1.89 bits per heavy atom. The maximum Gasteiger partial charge on any atom is 0.0720 e. The SMILES string of the molecule is C=C(C1CC1)[Si](C)(C)C. The summed E-state index contributed by atoms with van der Waals surface area (Å²) < 4.78 is 0. The van der Waals surface area contributed by atoms with Gasteiger partial charge in [-0.2, -0.15) is 0 Å². The van der Waals surface area contributed by atoms with Crippen LogP contribution in [-0.2, 0) is 0 Å². The normalized spacial score (nSPS) is 19.9. The second-order valence-corrected chi connectivity index (χ2v) is 9.19. The van der Waals surface area contributed by atoms with E-state index in [2.05, 4.69) is 26.2 Å². The molecule has 0 aliphatic heterocycles. The first-order valence-corrected chi connectivity index (χ1v) is 7.21. The van der Waals surface area contributed by atoms with Crippen LogP contribution in [0.5, 0.6) is 0 Å². The average Bonchev–Trinajstić information content (AvgIpc) is 2.40. The quantitative estimate of drug-likeness (QED) is 0.517. The van der Waals surface area contributed by atoms with Crippen LogP contribution in [0.2, 0.25) is 19.6 Å². The molecule has 1 heteroatoms. The van der Waals surface area contributed by atoms with Gasteiger partial charge in [0, 0.05) is 0 Å². The molecule has 0 aromatic rings. The van der Waals surface area contributed by atoms with Crippen LogP contribution >= 0.6 is 0 Å². The first kappa shape index (κ1) is 7.07. The maximum absolute atomic E-state index is 4.15. The Kier molecular flexibility index (Phi) is 1.55. The molecule has 0 aromatic carbocycles. The molecule has 0 N–H and O–H groups in total. The van der Waals surface area contributed by atoms with Gasteiger partial charge in [-0.25, -0.2) is 0 Å². The molecule has 1 saturated carbocycles. The van der Waals surface area contributed by atoms with E-state index in [1.165, 1.54) is 12.8 Å². The van der Waals surface area contributed by atoms with E-state index in [-0.39, 0.29) is 0 Å². The zero-order valence-corrected chi connectivity index (χ0v) is 7.70. The molecule has 0 radical (unpaired) electrons. The number of rotatable bonds is 2. The van der Waals surface area contributed by atoms with E-state index in [4.69, 9.17) is 0 Å². The summed E-state index contributed by atoms with van der Waals surface area (Å²) >= 11 is 0. The van der Waals surface area contributed by atoms with Gasteiger partial charge in [-0.05, 0) is 18.8 Å². The van der Waals surface area contributed by atoms with Crippen molar-refractivity contribution in [3.05, 3.63) is 11.8 Å². The summed E-state index contributed by atoms with van der Waals surface area (Å²) in [5, 5.41) is 1.59. The molecule has 0 spiro atoms. The summed E-state index contributed by atoms with van der Waals surface area (Å²) in [5.41, 5.74) is 0. The van der Waals surface area contributed by atoms with Crippen molar-refractivity contribution in [3.8, 4) is 0 Å². The molecule has 0 heterocycles. The van der Waals surface area contributed by atoms with Crippen molar-refractivity contribution in [3.63, 3.8) is 0 Å². The minimum Gasteiger partial charge on any atom is -0.103 e. The van der Waals surface area contributed by atoms with Gasteiger partial charge in [-0.3, -0.25) is 0 Å². The summed E-state index contributed by atoms with van der Waals surface area (Å²) in [5.74, 6) is 0.927. The monoisotopic (exact) mass is 140 g/mol. The Morgan fingerprint density at radius 1 is 1.33 bits per heavy atom. The molecule has 9 heavy (non-hydrogen) atoms. The predicted octanol–water partition coefficient (Wildman–Crippen LogP) is 2.83. The van der Waals surface area contributed by atoms with E-state index in [1.807, 2.05) is 0 Å². The lowest BCUT2D eigenvalue weighted by Crippen LogP contribution is -2.24. The first-order valence-electron chi connectivity index (χ1n) is 3.71. The molecule has 1 aliphatic rings. The van der Waals surface area contributed by atoms with Crippen LogP contribution in [0.4, 0.5) is 0 Å². The van der Waals surface area contributed by atoms with E-state index in [9.17, 15) is 0 Å². The largest absolute Gasteiger partial charge is 0.103 e. The molecule has 0 bridgehead atoms. The Hall–Kier alpha value is -0.0431. The van der Waals surface area contributed by atoms with Gasteiger partial charge in [0.1, 0.15) is 0 Å². The highest BCUT2D eigenvalue weighted by molar-refractivity contribution is 6.83. The van der Waals surface area contributed by atoms with E-state index in [0.717, 1.165) is 5.92 Å². The summed E-state index contributed by atoms with van der Waals surface area (Å²) in [6, 6.07) is 0. The molecule has 0 nitrogen and oxygen atoms in total. The fourth-order valence-electron chi connectivity index (χ4n) is 1.04. The van der Waals surface area contributed by atoms with Gasteiger partial charge in [0.15, 0.2) is 0 Å². The lowest BCUT2D eigenvalue weighted by molar-refractivity contribution is 1.08. The van der Waals surface area contributed by atoms with Gasteiger partial charge in [-0.1, -0.05) is 24.8 Å². The smallest absolute Gasteiger partial charge is 0.0720 e. The second kappa shape index (κ2) is 1.98. The molecular weight excluding hydrogens is 124 g/mol. The highest BCUT2D eigenvalue weighted by Gasteiger charge is 2.31. The Morgan fingerprint density at radius 2 is 1.78 bits per heavy atom. The summed E-state index contributed by atoms with van der Waals surface area (Å²) in [6.07, 6.45) is 2.84. The van der Waals surface area contributed by atoms with Crippen LogP contribution in [0.1, 0.15) is 12.8 Å². The molecule has 1 aliphatic carbocycles. The summed E-state index contributed by atoms with van der Waals surface area (Å²) in [7, 11) is -0.956. The van der Waals surface area contributed by atoms with Crippen LogP contribution in [0, 0.1) is 5.92 Å². The Balaban J connectivity index is 2.50. The standard InChI is InChI=1S/C8H16Si/c1-7(8-5-6-8)9(2,3)4/h8H,1,5-6H2,2-4H3. The third kappa shape index (κ3) is 1.68. The van der Waals surface area contributed by atoms with Gasteiger partial charge < -0.3 is 0 Å². The van der Waals surface area contributed by atoms with Crippen molar-refractivity contribution in [2.75, 3.05) is 0 Å². The topological polar surface area (TPSA) is 0 Å². The van der Waals surface area contributed by atoms with Gasteiger partial charge in [0.05, 0.1) is 8.07 Å². The lowest BCUT2D eigenvalue weighted by Gasteiger charge is -2.18. The van der Waals surface area contributed by atoms with E-state index in [1.54, 1.807) is 5.20 Å². The second-order valence-electron chi connectivity index (χ2n) is 4.05. The van der Waals surface area contributed by atoms with Crippen molar-refractivity contribution >= 4 is 8.07 Å². The minimum atomic E-state index is -0.956. The molecule has 1 fully saturated rings. The fraction of sp³-hybridized carbons (Fsp3) is 0.750. The summed E-state index contributed by atoms with van der Waals surface area (Å²) in [4.78, 5) is 0. The van der Waals surface area contributed by atoms with Crippen molar-refractivity contribution in [1.29, 1.82) is 0 Å². The zero-order valence-electron chi connectivity index (χ0n) is 6.70. The van der Waals surface area contributed by atoms with Crippen molar-refractivity contribution in [2.45, 2.75) is 32.5 Å². The van der Waals surface area contributed by atoms with Crippen LogP contribution in [0.3, 0.4) is 0 Å². The molecular formula is C8H16Si. The third-order valence-corrected chi connectivity index (χ3v) is 4.37. The van der Waals surface area contributed by atoms with Crippen LogP contribution in [-0.4, -0.2) is 8.07 Å². The first-order chi connectivity index (χ1) is 4.02. The fourth-order valence-corrected chi connectivity index (χ4v) is 2.56. The molecule has 0 aromatic heterocycles. The van der Waals surface area contributed by atoms with Crippen LogP contribution < -0.4 is 0 Å². The van der Waals surface area contributed by atoms with Crippen LogP contribution in [0.25, 0.3) is 0 Å². The maximum atomic E-state index is 4.15. The molecule has 52 valence electrons. The molecule has 1 rings (SSSR count). The van der Waals surface area contributed by atoms with Crippen LogP contribution in [0.15, 0.2) is 11.8 Å². The lowest BCUT2D eigenvalue weighted by atomic mass is 10.4. The number of hydrogen-bond donors (Lipinski definition) is 0. The van der Waals surface area contributed by atoms with Gasteiger partial charge in [0.2, 0.25) is 0 Å². The van der Waals surface area contributed by atoms with Crippen molar-refractivity contribution in [1.82, 2.24) is 0 Å². The Labute approximate surface area is 59.0 Å². The highest BCUT2D eigenvalue weighted by atomic mass is 28.3. The van der Waals surface area contributed by atoms with Crippen molar-refractivity contribution < 1.29 is 0 Å². The molecule has 0 amide bonds. The van der Waals surface area contributed by atoms with Gasteiger partial charge in [0.25, 0.3) is 0 Å². The average molecular weight is 140 g/mol. The Bertz CT molecular complexity index is 126. The number of hydrogen-bond acceptors (Lipinski definition) is 0. The van der Waals surface area contributed by atoms with E-state index >= 15 is 0 Å². The summed E-state index contributed by atoms with van der Waals surface area (Å²) in [6.45, 7) is 11.3. The van der Waals surface area contributed by atoms with E-state index in [0.29, 0.717) is 0 Å². The van der Waals surface area contributed by atoms with Gasteiger partial charge in [-0.15, -0.1) is 6.58 Å².